The molecule has 0 saturated carbocycles. The molecule has 1 aromatic rings. The van der Waals surface area contributed by atoms with E-state index in [1.54, 1.807) is 0 Å². The SMILES string of the molecule is O=C1CC2(CCN(CC[C@H]3CCOC3)CC2)CN1C/C=C/c1ccccc1. The standard InChI is InChI=1S/C23H32N2O2/c26-22-17-23(19-25(22)12-4-7-20-5-2-1-3-6-20)10-14-24(15-11-23)13-8-21-9-16-27-18-21/h1-7,21H,8-19H2/b7-4+/t21-/m0/s1. The molecule has 4 nitrogen and oxygen atoms in total. The van der Waals surface area contributed by atoms with Crippen molar-refractivity contribution in [1.29, 1.82) is 0 Å². The minimum Gasteiger partial charge on any atom is -0.381 e. The topological polar surface area (TPSA) is 32.8 Å². The van der Waals surface area contributed by atoms with Crippen LogP contribution in [-0.2, 0) is 9.53 Å². The van der Waals surface area contributed by atoms with E-state index in [1.165, 1.54) is 37.8 Å². The summed E-state index contributed by atoms with van der Waals surface area (Å²) >= 11 is 0. The lowest BCUT2D eigenvalue weighted by Crippen LogP contribution is -2.42. The van der Waals surface area contributed by atoms with Gasteiger partial charge in [0.1, 0.15) is 0 Å². The highest BCUT2D eigenvalue weighted by Gasteiger charge is 2.44. The first kappa shape index (κ1) is 18.7. The predicted molar refractivity (Wildman–Crippen MR) is 108 cm³/mol. The molecule has 4 rings (SSSR count). The van der Waals surface area contributed by atoms with Gasteiger partial charge in [-0.3, -0.25) is 4.79 Å². The van der Waals surface area contributed by atoms with E-state index in [2.05, 4.69) is 34.1 Å². The average Bonchev–Trinajstić information content (AvgIpc) is 3.31. The Balaban J connectivity index is 1.23. The van der Waals surface area contributed by atoms with Crippen LogP contribution < -0.4 is 0 Å². The van der Waals surface area contributed by atoms with Crippen LogP contribution in [0, 0.1) is 11.3 Å². The number of rotatable bonds is 6. The van der Waals surface area contributed by atoms with Crippen molar-refractivity contribution in [1.82, 2.24) is 9.80 Å². The molecule has 146 valence electrons. The lowest BCUT2D eigenvalue weighted by atomic mass is 9.77. The fourth-order valence-corrected chi connectivity index (χ4v) is 4.79. The minimum atomic E-state index is 0.227. The zero-order valence-corrected chi connectivity index (χ0v) is 16.3. The highest BCUT2D eigenvalue weighted by atomic mass is 16.5. The second-order valence-electron chi connectivity index (χ2n) is 8.62. The molecular formula is C23H32N2O2. The molecule has 0 N–H and O–H groups in total. The number of nitrogens with zero attached hydrogens (tertiary/aromatic N) is 2. The monoisotopic (exact) mass is 368 g/mol. The van der Waals surface area contributed by atoms with Gasteiger partial charge in [-0.1, -0.05) is 42.5 Å². The summed E-state index contributed by atoms with van der Waals surface area (Å²) in [6.45, 7) is 7.07. The number of carbonyl (C=O) groups excluding carboxylic acids is 1. The van der Waals surface area contributed by atoms with E-state index in [0.29, 0.717) is 5.91 Å². The molecule has 3 heterocycles. The van der Waals surface area contributed by atoms with Gasteiger partial charge in [0.05, 0.1) is 0 Å². The maximum atomic E-state index is 12.5. The number of hydrogen-bond donors (Lipinski definition) is 0. The van der Waals surface area contributed by atoms with Crippen LogP contribution in [0.15, 0.2) is 36.4 Å². The molecule has 3 aliphatic rings. The van der Waals surface area contributed by atoms with Crippen molar-refractivity contribution in [3.05, 3.63) is 42.0 Å². The summed E-state index contributed by atoms with van der Waals surface area (Å²) in [6.07, 6.45) is 9.83. The van der Waals surface area contributed by atoms with Gasteiger partial charge in [0.15, 0.2) is 0 Å². The van der Waals surface area contributed by atoms with Crippen molar-refractivity contribution in [2.24, 2.45) is 11.3 Å². The second kappa shape index (κ2) is 8.57. The van der Waals surface area contributed by atoms with E-state index in [0.717, 1.165) is 51.7 Å². The van der Waals surface area contributed by atoms with Gasteiger partial charge in [-0.15, -0.1) is 0 Å². The molecule has 1 aromatic carbocycles. The van der Waals surface area contributed by atoms with Crippen molar-refractivity contribution < 1.29 is 9.53 Å². The fraction of sp³-hybridized carbons (Fsp3) is 0.609. The Morgan fingerprint density at radius 3 is 2.74 bits per heavy atom. The lowest BCUT2D eigenvalue weighted by molar-refractivity contribution is -0.127. The lowest BCUT2D eigenvalue weighted by Gasteiger charge is -2.39. The smallest absolute Gasteiger partial charge is 0.223 e. The summed E-state index contributed by atoms with van der Waals surface area (Å²) in [5, 5.41) is 0. The number of likely N-dealkylation sites (tertiary alicyclic amines) is 2. The number of amides is 1. The van der Waals surface area contributed by atoms with Gasteiger partial charge < -0.3 is 14.5 Å². The molecule has 0 radical (unpaired) electrons. The number of hydrogen-bond acceptors (Lipinski definition) is 3. The molecule has 1 amide bonds. The molecule has 0 bridgehead atoms. The maximum absolute atomic E-state index is 12.5. The summed E-state index contributed by atoms with van der Waals surface area (Å²) < 4.78 is 5.49. The third kappa shape index (κ3) is 4.80. The summed E-state index contributed by atoms with van der Waals surface area (Å²) in [5.74, 6) is 1.10. The van der Waals surface area contributed by atoms with Crippen molar-refractivity contribution in [2.45, 2.75) is 32.1 Å². The number of piperidine rings is 1. The van der Waals surface area contributed by atoms with Crippen molar-refractivity contribution in [3.8, 4) is 0 Å². The molecular weight excluding hydrogens is 336 g/mol. The van der Waals surface area contributed by atoms with E-state index in [4.69, 9.17) is 4.74 Å². The van der Waals surface area contributed by atoms with E-state index >= 15 is 0 Å². The van der Waals surface area contributed by atoms with Gasteiger partial charge >= 0.3 is 0 Å². The number of carbonyl (C=O) groups is 1. The van der Waals surface area contributed by atoms with Crippen molar-refractivity contribution in [2.75, 3.05) is 45.9 Å². The second-order valence-corrected chi connectivity index (χ2v) is 8.62. The molecule has 3 fully saturated rings. The zero-order valence-electron chi connectivity index (χ0n) is 16.3. The Kier molecular flexibility index (Phi) is 5.94. The van der Waals surface area contributed by atoms with Crippen LogP contribution in [0.1, 0.15) is 37.7 Å². The molecule has 0 aromatic heterocycles. The predicted octanol–water partition coefficient (Wildman–Crippen LogP) is 3.44. The number of benzene rings is 1. The van der Waals surface area contributed by atoms with E-state index in [9.17, 15) is 4.79 Å². The first-order valence-corrected chi connectivity index (χ1v) is 10.5. The van der Waals surface area contributed by atoms with Gasteiger partial charge in [-0.05, 0) is 62.2 Å². The molecule has 3 saturated heterocycles. The van der Waals surface area contributed by atoms with Crippen LogP contribution in [0.2, 0.25) is 0 Å². The molecule has 27 heavy (non-hydrogen) atoms. The van der Waals surface area contributed by atoms with Crippen LogP contribution in [-0.4, -0.2) is 61.6 Å². The summed E-state index contributed by atoms with van der Waals surface area (Å²) in [5.41, 5.74) is 1.42. The van der Waals surface area contributed by atoms with Crippen molar-refractivity contribution in [3.63, 3.8) is 0 Å². The Bertz CT molecular complexity index is 644. The first-order valence-electron chi connectivity index (χ1n) is 10.5. The van der Waals surface area contributed by atoms with Crippen LogP contribution in [0.25, 0.3) is 6.08 Å². The zero-order chi connectivity index (χ0) is 18.5. The Morgan fingerprint density at radius 2 is 2.00 bits per heavy atom. The molecule has 1 atom stereocenters. The summed E-state index contributed by atoms with van der Waals surface area (Å²) in [4.78, 5) is 17.2. The molecule has 1 spiro atoms. The van der Waals surface area contributed by atoms with Gasteiger partial charge in [-0.2, -0.15) is 0 Å². The van der Waals surface area contributed by atoms with Gasteiger partial charge in [0, 0.05) is 32.7 Å². The van der Waals surface area contributed by atoms with E-state index < -0.39 is 0 Å². The molecule has 0 aliphatic carbocycles. The maximum Gasteiger partial charge on any atom is 0.223 e. The van der Waals surface area contributed by atoms with Crippen LogP contribution in [0.5, 0.6) is 0 Å². The van der Waals surface area contributed by atoms with Crippen LogP contribution in [0.3, 0.4) is 0 Å². The highest BCUT2D eigenvalue weighted by molar-refractivity contribution is 5.79. The van der Waals surface area contributed by atoms with E-state index in [-0.39, 0.29) is 5.41 Å². The summed E-state index contributed by atoms with van der Waals surface area (Å²) in [6, 6.07) is 10.3. The van der Waals surface area contributed by atoms with Crippen LogP contribution >= 0.6 is 0 Å². The highest BCUT2D eigenvalue weighted by Crippen LogP contribution is 2.41. The summed E-state index contributed by atoms with van der Waals surface area (Å²) in [7, 11) is 0. The first-order chi connectivity index (χ1) is 13.2. The van der Waals surface area contributed by atoms with Gasteiger partial charge in [-0.25, -0.2) is 0 Å². The molecule has 3 aliphatic heterocycles. The minimum absolute atomic E-state index is 0.227. The largest absolute Gasteiger partial charge is 0.381 e. The normalized spacial score (nSPS) is 25.9. The van der Waals surface area contributed by atoms with E-state index in [1.807, 2.05) is 18.2 Å². The Labute approximate surface area is 163 Å². The Morgan fingerprint density at radius 1 is 1.19 bits per heavy atom. The van der Waals surface area contributed by atoms with Gasteiger partial charge in [0.25, 0.3) is 0 Å². The Hall–Kier alpha value is -1.65. The number of ether oxygens (including phenoxy) is 1. The van der Waals surface area contributed by atoms with Crippen molar-refractivity contribution >= 4 is 12.0 Å². The molecule has 0 unspecified atom stereocenters. The fourth-order valence-electron chi connectivity index (χ4n) is 4.79. The molecule has 4 heteroatoms. The van der Waals surface area contributed by atoms with Crippen LogP contribution in [0.4, 0.5) is 0 Å². The quantitative estimate of drug-likeness (QED) is 0.771. The van der Waals surface area contributed by atoms with Gasteiger partial charge in [0.2, 0.25) is 5.91 Å². The average molecular weight is 369 g/mol. The third-order valence-electron chi connectivity index (χ3n) is 6.64. The third-order valence-corrected chi connectivity index (χ3v) is 6.64.